The number of hydrogen-bond acceptors (Lipinski definition) is 3. The molecule has 7 heteroatoms. The van der Waals surface area contributed by atoms with Gasteiger partial charge in [0.05, 0.1) is 19.2 Å². The van der Waals surface area contributed by atoms with E-state index in [-0.39, 0.29) is 17.8 Å². The van der Waals surface area contributed by atoms with Gasteiger partial charge in [-0.15, -0.1) is 0 Å². The summed E-state index contributed by atoms with van der Waals surface area (Å²) < 4.78 is 23.4. The number of benzene rings is 2. The zero-order valence-electron chi connectivity index (χ0n) is 19.7. The van der Waals surface area contributed by atoms with E-state index < -0.39 is 0 Å². The van der Waals surface area contributed by atoms with Crippen molar-refractivity contribution in [1.29, 1.82) is 5.41 Å². The van der Waals surface area contributed by atoms with Crippen molar-refractivity contribution in [2.45, 2.75) is 45.2 Å². The highest BCUT2D eigenvalue weighted by Gasteiger charge is 2.34. The molecule has 2 N–H and O–H groups in total. The summed E-state index contributed by atoms with van der Waals surface area (Å²) in [7, 11) is 1.84. The highest BCUT2D eigenvalue weighted by atomic mass is 19.1. The SMILES string of the molecule is Cc1cc(C(NC(=O)c2cc(Cn3ccn(C)c3=N)cc(OCC3CC3)c2)C2CC2)ccc1F. The minimum absolute atomic E-state index is 0.144. The van der Waals surface area contributed by atoms with Gasteiger partial charge in [-0.05, 0) is 85.4 Å². The van der Waals surface area contributed by atoms with E-state index in [4.69, 9.17) is 10.1 Å². The summed E-state index contributed by atoms with van der Waals surface area (Å²) in [6.07, 6.45) is 8.18. The Kier molecular flexibility index (Phi) is 6.02. The molecule has 2 fully saturated rings. The number of hydrogen-bond donors (Lipinski definition) is 2. The van der Waals surface area contributed by atoms with Crippen LogP contribution in [0, 0.1) is 30.0 Å². The number of amides is 1. The van der Waals surface area contributed by atoms with Gasteiger partial charge in [0.15, 0.2) is 0 Å². The van der Waals surface area contributed by atoms with Gasteiger partial charge in [-0.25, -0.2) is 4.39 Å². The molecule has 1 atom stereocenters. The van der Waals surface area contributed by atoms with Crippen LogP contribution >= 0.6 is 0 Å². The third-order valence-electron chi connectivity index (χ3n) is 6.76. The van der Waals surface area contributed by atoms with Gasteiger partial charge in [-0.2, -0.15) is 0 Å². The van der Waals surface area contributed by atoms with Crippen molar-refractivity contribution in [3.63, 3.8) is 0 Å². The number of nitrogens with one attached hydrogen (secondary N) is 2. The number of aromatic nitrogens is 2. The molecule has 1 unspecified atom stereocenters. The maximum Gasteiger partial charge on any atom is 0.251 e. The van der Waals surface area contributed by atoms with Crippen LogP contribution in [0.5, 0.6) is 5.75 Å². The number of halogens is 1. The van der Waals surface area contributed by atoms with Crippen LogP contribution < -0.4 is 15.7 Å². The van der Waals surface area contributed by atoms with Crippen molar-refractivity contribution in [2.24, 2.45) is 18.9 Å². The predicted molar refractivity (Wildman–Crippen MR) is 127 cm³/mol. The van der Waals surface area contributed by atoms with Gasteiger partial charge in [0.2, 0.25) is 5.62 Å². The number of aryl methyl sites for hydroxylation is 2. The van der Waals surface area contributed by atoms with E-state index in [0.717, 1.165) is 24.0 Å². The summed E-state index contributed by atoms with van der Waals surface area (Å²) in [6.45, 7) is 2.88. The van der Waals surface area contributed by atoms with Crippen molar-refractivity contribution >= 4 is 5.91 Å². The number of nitrogens with zero attached hydrogens (tertiary/aromatic N) is 2. The lowest BCUT2D eigenvalue weighted by Gasteiger charge is -2.20. The van der Waals surface area contributed by atoms with E-state index in [2.05, 4.69) is 5.32 Å². The molecule has 1 aromatic heterocycles. The fourth-order valence-electron chi connectivity index (χ4n) is 4.30. The normalized spacial score (nSPS) is 16.3. The molecule has 0 saturated heterocycles. The Morgan fingerprint density at radius 1 is 1.18 bits per heavy atom. The molecule has 0 aliphatic heterocycles. The number of ether oxygens (including phenoxy) is 1. The van der Waals surface area contributed by atoms with Gasteiger partial charge < -0.3 is 19.2 Å². The second-order valence-corrected chi connectivity index (χ2v) is 9.78. The Balaban J connectivity index is 1.41. The molecule has 3 aromatic rings. The maximum absolute atomic E-state index is 13.8. The fourth-order valence-corrected chi connectivity index (χ4v) is 4.30. The Morgan fingerprint density at radius 3 is 2.62 bits per heavy atom. The number of imidazole rings is 1. The van der Waals surface area contributed by atoms with E-state index in [9.17, 15) is 9.18 Å². The first-order valence-corrected chi connectivity index (χ1v) is 12.0. The Hall–Kier alpha value is -3.35. The summed E-state index contributed by atoms with van der Waals surface area (Å²) >= 11 is 0. The molecule has 5 rings (SSSR count). The van der Waals surface area contributed by atoms with E-state index >= 15 is 0 Å². The molecule has 2 aliphatic rings. The van der Waals surface area contributed by atoms with Crippen LogP contribution in [0.4, 0.5) is 4.39 Å². The molecular formula is C27H31FN4O2. The van der Waals surface area contributed by atoms with Crippen molar-refractivity contribution in [2.75, 3.05) is 6.61 Å². The molecule has 6 nitrogen and oxygen atoms in total. The Morgan fingerprint density at radius 2 is 1.97 bits per heavy atom. The highest BCUT2D eigenvalue weighted by Crippen LogP contribution is 2.41. The fraction of sp³-hybridized carbons (Fsp3) is 0.407. The van der Waals surface area contributed by atoms with Gasteiger partial charge >= 0.3 is 0 Å². The number of carbonyl (C=O) groups is 1. The molecular weight excluding hydrogens is 431 g/mol. The summed E-state index contributed by atoms with van der Waals surface area (Å²) in [5.74, 6) is 1.25. The molecule has 0 bridgehead atoms. The van der Waals surface area contributed by atoms with Crippen molar-refractivity contribution in [3.05, 3.63) is 82.5 Å². The summed E-state index contributed by atoms with van der Waals surface area (Å²) in [4.78, 5) is 13.4. The van der Waals surface area contributed by atoms with Gasteiger partial charge in [0, 0.05) is 25.0 Å². The zero-order chi connectivity index (χ0) is 23.8. The van der Waals surface area contributed by atoms with Crippen LogP contribution in [-0.2, 0) is 13.6 Å². The standard InChI is InChI=1S/C27H31FN4O2/c1-17-11-21(7-8-24(17)28)25(20-5-6-20)30-26(33)22-12-19(15-32-10-9-31(2)27(32)29)13-23(14-22)34-16-18-3-4-18/h7-14,18,20,25,29H,3-6,15-16H2,1-2H3,(H,30,33). The monoisotopic (exact) mass is 462 g/mol. The first-order valence-electron chi connectivity index (χ1n) is 12.0. The summed E-state index contributed by atoms with van der Waals surface area (Å²) in [5, 5.41) is 11.4. The van der Waals surface area contributed by atoms with E-state index in [1.807, 2.05) is 42.2 Å². The molecule has 34 heavy (non-hydrogen) atoms. The molecule has 2 saturated carbocycles. The summed E-state index contributed by atoms with van der Waals surface area (Å²) in [6, 6.07) is 10.6. The van der Waals surface area contributed by atoms with Crippen molar-refractivity contribution in [1.82, 2.24) is 14.5 Å². The van der Waals surface area contributed by atoms with Gasteiger partial charge in [-0.1, -0.05) is 12.1 Å². The minimum atomic E-state index is -0.234. The second-order valence-electron chi connectivity index (χ2n) is 9.78. The predicted octanol–water partition coefficient (Wildman–Crippen LogP) is 4.47. The van der Waals surface area contributed by atoms with Crippen LogP contribution in [0.3, 0.4) is 0 Å². The number of carbonyl (C=O) groups excluding carboxylic acids is 1. The largest absolute Gasteiger partial charge is 0.493 e. The lowest BCUT2D eigenvalue weighted by molar-refractivity contribution is 0.0931. The third kappa shape index (κ3) is 5.08. The van der Waals surface area contributed by atoms with Crippen molar-refractivity contribution in [3.8, 4) is 5.75 Å². The van der Waals surface area contributed by atoms with Crippen LogP contribution in [-0.4, -0.2) is 21.6 Å². The lowest BCUT2D eigenvalue weighted by Crippen LogP contribution is -2.30. The summed E-state index contributed by atoms with van der Waals surface area (Å²) in [5.41, 5.74) is 3.35. The first-order chi connectivity index (χ1) is 16.4. The average Bonchev–Trinajstić information content (AvgIpc) is 3.74. The second kappa shape index (κ2) is 9.12. The van der Waals surface area contributed by atoms with Crippen molar-refractivity contribution < 1.29 is 13.9 Å². The Labute approximate surface area is 198 Å². The number of rotatable bonds is 9. The maximum atomic E-state index is 13.8. The van der Waals surface area contributed by atoms with Crippen LogP contribution in [0.15, 0.2) is 48.8 Å². The topological polar surface area (TPSA) is 72.0 Å². The molecule has 2 aliphatic carbocycles. The van der Waals surface area contributed by atoms with Crippen LogP contribution in [0.1, 0.15) is 58.8 Å². The highest BCUT2D eigenvalue weighted by molar-refractivity contribution is 5.95. The van der Waals surface area contributed by atoms with E-state index in [1.54, 1.807) is 23.6 Å². The van der Waals surface area contributed by atoms with Gasteiger partial charge in [0.1, 0.15) is 11.6 Å². The van der Waals surface area contributed by atoms with Crippen LogP contribution in [0.2, 0.25) is 0 Å². The van der Waals surface area contributed by atoms with E-state index in [1.165, 1.54) is 18.9 Å². The quantitative estimate of drug-likeness (QED) is 0.492. The van der Waals surface area contributed by atoms with Crippen LogP contribution in [0.25, 0.3) is 0 Å². The molecule has 178 valence electrons. The smallest absolute Gasteiger partial charge is 0.251 e. The molecule has 0 radical (unpaired) electrons. The first kappa shape index (κ1) is 22.4. The average molecular weight is 463 g/mol. The Bertz CT molecular complexity index is 1270. The zero-order valence-corrected chi connectivity index (χ0v) is 19.7. The molecule has 1 amide bonds. The lowest BCUT2D eigenvalue weighted by atomic mass is 9.99. The van der Waals surface area contributed by atoms with E-state index in [0.29, 0.717) is 47.5 Å². The molecule has 1 heterocycles. The minimum Gasteiger partial charge on any atom is -0.493 e. The third-order valence-corrected chi connectivity index (χ3v) is 6.76. The molecule has 0 spiro atoms. The van der Waals surface area contributed by atoms with Gasteiger partial charge in [-0.3, -0.25) is 10.2 Å². The molecule has 2 aromatic carbocycles. The van der Waals surface area contributed by atoms with Gasteiger partial charge in [0.25, 0.3) is 5.91 Å².